The number of nitrogens with one attached hydrogen (secondary N) is 2. The molecule has 76 valence electrons. The number of carbonyl (C=O) groups excluding carboxylic acids is 1. The molecule has 3 nitrogen and oxygen atoms in total. The number of hydrogen-bond acceptors (Lipinski definition) is 1. The predicted octanol–water partition coefficient (Wildman–Crippen LogP) is 1.88. The predicted molar refractivity (Wildman–Crippen MR) is 53.6 cm³/mol. The highest BCUT2D eigenvalue weighted by Crippen LogP contribution is 2.13. The number of hydrogen-bond donors (Lipinski definition) is 2. The van der Waals surface area contributed by atoms with Crippen molar-refractivity contribution in [2.24, 2.45) is 5.92 Å². The van der Waals surface area contributed by atoms with Gasteiger partial charge in [-0.15, -0.1) is 0 Å². The number of rotatable bonds is 4. The minimum Gasteiger partial charge on any atom is -0.338 e. The second-order valence-corrected chi connectivity index (χ2v) is 3.98. The lowest BCUT2D eigenvalue weighted by Crippen LogP contribution is -2.49. The Bertz CT molecular complexity index is 170. The molecule has 0 spiro atoms. The topological polar surface area (TPSA) is 41.1 Å². The fourth-order valence-corrected chi connectivity index (χ4v) is 1.57. The van der Waals surface area contributed by atoms with Crippen LogP contribution < -0.4 is 10.6 Å². The zero-order valence-corrected chi connectivity index (χ0v) is 8.60. The van der Waals surface area contributed by atoms with Crippen LogP contribution in [-0.4, -0.2) is 18.6 Å². The molecule has 0 aromatic rings. The molecule has 2 amide bonds. The van der Waals surface area contributed by atoms with Crippen molar-refractivity contribution in [2.45, 2.75) is 45.6 Å². The second kappa shape index (κ2) is 5.10. The van der Waals surface area contributed by atoms with Crippen molar-refractivity contribution in [3.63, 3.8) is 0 Å². The molecule has 0 aromatic carbocycles. The van der Waals surface area contributed by atoms with Crippen LogP contribution >= 0.6 is 0 Å². The third kappa shape index (κ3) is 3.66. The van der Waals surface area contributed by atoms with Crippen LogP contribution in [0, 0.1) is 5.92 Å². The summed E-state index contributed by atoms with van der Waals surface area (Å²) in [5, 5.41) is 5.71. The fraction of sp³-hybridized carbons (Fsp3) is 0.900. The average Bonchev–Trinajstić information content (AvgIpc) is 2.14. The van der Waals surface area contributed by atoms with Gasteiger partial charge in [0.1, 0.15) is 0 Å². The molecule has 1 rings (SSSR count). The molecular formula is C10H20N2O. The van der Waals surface area contributed by atoms with E-state index in [0.29, 0.717) is 6.04 Å². The van der Waals surface area contributed by atoms with Crippen molar-refractivity contribution in [3.05, 3.63) is 0 Å². The monoisotopic (exact) mass is 184 g/mol. The van der Waals surface area contributed by atoms with Gasteiger partial charge in [-0.25, -0.2) is 4.79 Å². The van der Waals surface area contributed by atoms with Crippen molar-refractivity contribution in [1.82, 2.24) is 10.6 Å². The van der Waals surface area contributed by atoms with Crippen LogP contribution in [0.15, 0.2) is 0 Å². The molecule has 0 aliphatic carbocycles. The van der Waals surface area contributed by atoms with Gasteiger partial charge in [0.25, 0.3) is 0 Å². The summed E-state index contributed by atoms with van der Waals surface area (Å²) >= 11 is 0. The number of carbonyl (C=O) groups is 1. The first-order chi connectivity index (χ1) is 6.22. The van der Waals surface area contributed by atoms with E-state index in [-0.39, 0.29) is 6.03 Å². The third-order valence-electron chi connectivity index (χ3n) is 2.82. The van der Waals surface area contributed by atoms with E-state index in [4.69, 9.17) is 0 Å². The first kappa shape index (κ1) is 10.4. The lowest BCUT2D eigenvalue weighted by Gasteiger charge is -2.25. The van der Waals surface area contributed by atoms with Crippen molar-refractivity contribution in [1.29, 1.82) is 0 Å². The molecule has 2 N–H and O–H groups in total. The molecule has 0 radical (unpaired) electrons. The number of amides is 2. The lowest BCUT2D eigenvalue weighted by molar-refractivity contribution is 0.226. The van der Waals surface area contributed by atoms with Gasteiger partial charge in [-0.05, 0) is 25.2 Å². The van der Waals surface area contributed by atoms with E-state index in [1.54, 1.807) is 0 Å². The minimum atomic E-state index is 0.000372. The Morgan fingerprint density at radius 3 is 3.00 bits per heavy atom. The highest BCUT2D eigenvalue weighted by Gasteiger charge is 2.17. The molecule has 1 fully saturated rings. The Balaban J connectivity index is 2.17. The van der Waals surface area contributed by atoms with E-state index in [2.05, 4.69) is 24.5 Å². The quantitative estimate of drug-likeness (QED) is 0.688. The zero-order valence-electron chi connectivity index (χ0n) is 8.60. The van der Waals surface area contributed by atoms with E-state index >= 15 is 0 Å². The summed E-state index contributed by atoms with van der Waals surface area (Å²) in [7, 11) is 0. The normalized spacial score (nSPS) is 24.8. The van der Waals surface area contributed by atoms with Crippen molar-refractivity contribution >= 4 is 6.03 Å². The molecule has 0 aromatic heterocycles. The molecule has 13 heavy (non-hydrogen) atoms. The number of urea groups is 1. The molecule has 2 atom stereocenters. The van der Waals surface area contributed by atoms with Gasteiger partial charge in [-0.1, -0.05) is 20.3 Å². The van der Waals surface area contributed by atoms with Crippen molar-refractivity contribution in [3.8, 4) is 0 Å². The maximum atomic E-state index is 11.0. The van der Waals surface area contributed by atoms with E-state index in [9.17, 15) is 4.79 Å². The molecular weight excluding hydrogens is 164 g/mol. The van der Waals surface area contributed by atoms with Gasteiger partial charge in [-0.3, -0.25) is 0 Å². The molecule has 2 unspecified atom stereocenters. The maximum absolute atomic E-state index is 11.0. The standard InChI is InChI=1S/C10H20N2O/c1-3-8(2)4-5-9-6-7-11-10(13)12-9/h8-9H,3-7H2,1-2H3,(H2,11,12,13). The van der Waals surface area contributed by atoms with Crippen LogP contribution in [0.1, 0.15) is 39.5 Å². The van der Waals surface area contributed by atoms with Crippen LogP contribution in [0.3, 0.4) is 0 Å². The van der Waals surface area contributed by atoms with Gasteiger partial charge in [-0.2, -0.15) is 0 Å². The van der Waals surface area contributed by atoms with E-state index in [0.717, 1.165) is 25.3 Å². The van der Waals surface area contributed by atoms with Gasteiger partial charge < -0.3 is 10.6 Å². The highest BCUT2D eigenvalue weighted by atomic mass is 16.2. The van der Waals surface area contributed by atoms with E-state index in [1.807, 2.05) is 0 Å². The van der Waals surface area contributed by atoms with Gasteiger partial charge in [0, 0.05) is 12.6 Å². The summed E-state index contributed by atoms with van der Waals surface area (Å²) in [5.41, 5.74) is 0. The van der Waals surface area contributed by atoms with Crippen LogP contribution in [0.25, 0.3) is 0 Å². The molecule has 1 heterocycles. The van der Waals surface area contributed by atoms with Gasteiger partial charge in [0.05, 0.1) is 0 Å². The molecule has 1 aliphatic heterocycles. The summed E-state index contributed by atoms with van der Waals surface area (Å²) in [6.45, 7) is 5.31. The summed E-state index contributed by atoms with van der Waals surface area (Å²) in [5.74, 6) is 0.784. The van der Waals surface area contributed by atoms with E-state index < -0.39 is 0 Å². The summed E-state index contributed by atoms with van der Waals surface area (Å²) in [6.07, 6.45) is 4.66. The highest BCUT2D eigenvalue weighted by molar-refractivity contribution is 5.74. The molecule has 0 saturated carbocycles. The van der Waals surface area contributed by atoms with Crippen molar-refractivity contribution < 1.29 is 4.79 Å². The lowest BCUT2D eigenvalue weighted by atomic mass is 9.97. The van der Waals surface area contributed by atoms with E-state index in [1.165, 1.54) is 12.8 Å². The Kier molecular flexibility index (Phi) is 4.06. The smallest absolute Gasteiger partial charge is 0.315 e. The Morgan fingerprint density at radius 1 is 1.62 bits per heavy atom. The Labute approximate surface area is 80.3 Å². The van der Waals surface area contributed by atoms with Crippen LogP contribution in [0.4, 0.5) is 4.79 Å². The van der Waals surface area contributed by atoms with Crippen molar-refractivity contribution in [2.75, 3.05) is 6.54 Å². The van der Waals surface area contributed by atoms with Crippen LogP contribution in [0.5, 0.6) is 0 Å². The average molecular weight is 184 g/mol. The fourth-order valence-electron chi connectivity index (χ4n) is 1.57. The molecule has 1 aliphatic rings. The molecule has 3 heteroatoms. The maximum Gasteiger partial charge on any atom is 0.315 e. The van der Waals surface area contributed by atoms with Gasteiger partial charge >= 0.3 is 6.03 Å². The third-order valence-corrected chi connectivity index (χ3v) is 2.82. The van der Waals surface area contributed by atoms with Crippen LogP contribution in [-0.2, 0) is 0 Å². The Hall–Kier alpha value is -0.730. The zero-order chi connectivity index (χ0) is 9.68. The first-order valence-corrected chi connectivity index (χ1v) is 5.26. The molecule has 1 saturated heterocycles. The summed E-state index contributed by atoms with van der Waals surface area (Å²) in [4.78, 5) is 11.0. The minimum absolute atomic E-state index is 0.000372. The summed E-state index contributed by atoms with van der Waals surface area (Å²) < 4.78 is 0. The second-order valence-electron chi connectivity index (χ2n) is 3.98. The molecule has 0 bridgehead atoms. The van der Waals surface area contributed by atoms with Gasteiger partial charge in [0.2, 0.25) is 0 Å². The van der Waals surface area contributed by atoms with Gasteiger partial charge in [0.15, 0.2) is 0 Å². The Morgan fingerprint density at radius 2 is 2.38 bits per heavy atom. The first-order valence-electron chi connectivity index (χ1n) is 5.26. The van der Waals surface area contributed by atoms with Crippen LogP contribution in [0.2, 0.25) is 0 Å². The summed E-state index contributed by atoms with van der Waals surface area (Å²) in [6, 6.07) is 0.406. The largest absolute Gasteiger partial charge is 0.338 e. The SMILES string of the molecule is CCC(C)CCC1CCNC(=O)N1.